The van der Waals surface area contributed by atoms with E-state index in [9.17, 15) is 4.79 Å². The van der Waals surface area contributed by atoms with Crippen molar-refractivity contribution in [2.24, 2.45) is 0 Å². The Morgan fingerprint density at radius 1 is 1.11 bits per heavy atom. The first-order chi connectivity index (χ1) is 13.6. The molecule has 144 valence electrons. The maximum absolute atomic E-state index is 13.0. The summed E-state index contributed by atoms with van der Waals surface area (Å²) in [5, 5.41) is 4.04. The highest BCUT2D eigenvalue weighted by atomic mass is 16.5. The number of fused-ring (bicyclic) bond motifs is 1. The first-order valence-corrected chi connectivity index (χ1v) is 9.71. The van der Waals surface area contributed by atoms with Gasteiger partial charge in [-0.1, -0.05) is 36.4 Å². The molecule has 0 saturated carbocycles. The molecule has 5 nitrogen and oxygen atoms in total. The van der Waals surface area contributed by atoms with Crippen molar-refractivity contribution in [2.75, 3.05) is 18.4 Å². The molecule has 1 N–H and O–H groups in total. The van der Waals surface area contributed by atoms with Gasteiger partial charge in [0.2, 0.25) is 5.91 Å². The Kier molecular flexibility index (Phi) is 5.37. The quantitative estimate of drug-likeness (QED) is 0.748. The van der Waals surface area contributed by atoms with Crippen LogP contribution in [0.4, 0.5) is 5.69 Å². The third kappa shape index (κ3) is 3.91. The normalized spacial score (nSPS) is 21.4. The molecule has 3 atom stereocenters. The van der Waals surface area contributed by atoms with Crippen LogP contribution in [-0.4, -0.2) is 41.0 Å². The molecule has 3 aromatic rings. The van der Waals surface area contributed by atoms with E-state index in [2.05, 4.69) is 34.3 Å². The zero-order valence-electron chi connectivity index (χ0n) is 16.2. The molecule has 1 aromatic heterocycles. The second kappa shape index (κ2) is 8.09. The highest BCUT2D eigenvalue weighted by Crippen LogP contribution is 2.27. The molecule has 2 aromatic carbocycles. The first kappa shape index (κ1) is 18.6. The summed E-state index contributed by atoms with van der Waals surface area (Å²) in [7, 11) is 0. The van der Waals surface area contributed by atoms with Gasteiger partial charge in [-0.3, -0.25) is 14.7 Å². The molecule has 1 amide bonds. The van der Waals surface area contributed by atoms with Gasteiger partial charge in [-0.25, -0.2) is 0 Å². The van der Waals surface area contributed by atoms with Crippen LogP contribution in [0.15, 0.2) is 66.9 Å². The van der Waals surface area contributed by atoms with Crippen LogP contribution in [0.3, 0.4) is 0 Å². The number of pyridine rings is 1. The Morgan fingerprint density at radius 3 is 2.75 bits per heavy atom. The summed E-state index contributed by atoms with van der Waals surface area (Å²) in [5.74, 6) is -0.0164. The van der Waals surface area contributed by atoms with Crippen molar-refractivity contribution in [3.8, 4) is 0 Å². The first-order valence-electron chi connectivity index (χ1n) is 9.71. The lowest BCUT2D eigenvalue weighted by Gasteiger charge is -2.39. The third-order valence-corrected chi connectivity index (χ3v) is 5.29. The lowest BCUT2D eigenvalue weighted by Crippen LogP contribution is -2.51. The van der Waals surface area contributed by atoms with Crippen molar-refractivity contribution in [3.63, 3.8) is 0 Å². The number of rotatable bonds is 4. The number of nitrogens with zero attached hydrogens (tertiary/aromatic N) is 2. The van der Waals surface area contributed by atoms with E-state index < -0.39 is 0 Å². The third-order valence-electron chi connectivity index (χ3n) is 5.29. The highest BCUT2D eigenvalue weighted by Gasteiger charge is 2.32. The summed E-state index contributed by atoms with van der Waals surface area (Å²) in [5.41, 5.74) is 2.81. The summed E-state index contributed by atoms with van der Waals surface area (Å²) in [6, 6.07) is 19.6. The fraction of sp³-hybridized carbons (Fsp3) is 0.304. The summed E-state index contributed by atoms with van der Waals surface area (Å²) >= 11 is 0. The van der Waals surface area contributed by atoms with Gasteiger partial charge in [0.05, 0.1) is 29.5 Å². The number of hydrogen-bond donors (Lipinski definition) is 1. The van der Waals surface area contributed by atoms with Gasteiger partial charge >= 0.3 is 0 Å². The molecule has 0 spiro atoms. The number of anilines is 1. The molecule has 1 fully saturated rings. The Hall–Kier alpha value is -2.76. The van der Waals surface area contributed by atoms with E-state index in [1.54, 1.807) is 6.20 Å². The average Bonchev–Trinajstić information content (AvgIpc) is 2.73. The zero-order valence-corrected chi connectivity index (χ0v) is 16.2. The number of carbonyl (C=O) groups excluding carboxylic acids is 1. The molecule has 0 aliphatic carbocycles. The van der Waals surface area contributed by atoms with Crippen molar-refractivity contribution in [1.82, 2.24) is 9.88 Å². The molecular weight excluding hydrogens is 350 g/mol. The second-order valence-corrected chi connectivity index (χ2v) is 7.34. The van der Waals surface area contributed by atoms with Crippen molar-refractivity contribution < 1.29 is 9.53 Å². The summed E-state index contributed by atoms with van der Waals surface area (Å²) in [4.78, 5) is 19.5. The van der Waals surface area contributed by atoms with E-state index in [0.717, 1.165) is 28.7 Å². The molecule has 4 rings (SSSR count). The minimum atomic E-state index is -0.260. The largest absolute Gasteiger partial charge is 0.368 e. The number of aromatic nitrogens is 1. The SMILES string of the molecule is CC1CN(C(C)C(=O)Nc2cccc3ncccc23)CC(c2ccccc2)O1. The van der Waals surface area contributed by atoms with Gasteiger partial charge in [-0.05, 0) is 43.7 Å². The topological polar surface area (TPSA) is 54.5 Å². The zero-order chi connectivity index (χ0) is 19.5. The lowest BCUT2D eigenvalue weighted by molar-refractivity contribution is -0.128. The minimum absolute atomic E-state index is 0.0164. The van der Waals surface area contributed by atoms with Crippen LogP contribution in [0.1, 0.15) is 25.5 Å². The van der Waals surface area contributed by atoms with E-state index >= 15 is 0 Å². The van der Waals surface area contributed by atoms with Gasteiger partial charge in [-0.2, -0.15) is 0 Å². The fourth-order valence-corrected chi connectivity index (χ4v) is 3.77. The van der Waals surface area contributed by atoms with E-state index in [-0.39, 0.29) is 24.2 Å². The Bertz CT molecular complexity index is 955. The second-order valence-electron chi connectivity index (χ2n) is 7.34. The van der Waals surface area contributed by atoms with Crippen molar-refractivity contribution in [1.29, 1.82) is 0 Å². The Labute approximate surface area is 165 Å². The van der Waals surface area contributed by atoms with Gasteiger partial charge in [0.15, 0.2) is 0 Å². The van der Waals surface area contributed by atoms with Crippen LogP contribution in [0.25, 0.3) is 10.9 Å². The highest BCUT2D eigenvalue weighted by molar-refractivity contribution is 6.02. The smallest absolute Gasteiger partial charge is 0.241 e. The molecule has 3 unspecified atom stereocenters. The van der Waals surface area contributed by atoms with E-state index in [4.69, 9.17) is 4.74 Å². The summed E-state index contributed by atoms with van der Waals surface area (Å²) < 4.78 is 6.13. The molecule has 5 heteroatoms. The van der Waals surface area contributed by atoms with Gasteiger partial charge in [0, 0.05) is 24.7 Å². The molecule has 1 aliphatic heterocycles. The van der Waals surface area contributed by atoms with Crippen molar-refractivity contribution in [2.45, 2.75) is 32.1 Å². The van der Waals surface area contributed by atoms with E-state index in [1.165, 1.54) is 0 Å². The summed E-state index contributed by atoms with van der Waals surface area (Å²) in [6.45, 7) is 5.44. The molecule has 0 radical (unpaired) electrons. The molecule has 1 saturated heterocycles. The molecular formula is C23H25N3O2. The maximum atomic E-state index is 13.0. The molecule has 2 heterocycles. The number of ether oxygens (including phenoxy) is 1. The monoisotopic (exact) mass is 375 g/mol. The number of carbonyl (C=O) groups is 1. The average molecular weight is 375 g/mol. The van der Waals surface area contributed by atoms with Crippen LogP contribution in [-0.2, 0) is 9.53 Å². The standard InChI is InChI=1S/C23H25N3O2/c1-16-14-26(15-22(28-16)18-8-4-3-5-9-18)17(2)23(27)25-21-12-6-11-20-19(21)10-7-13-24-20/h3-13,16-17,22H,14-15H2,1-2H3,(H,25,27). The van der Waals surface area contributed by atoms with Gasteiger partial charge in [0.1, 0.15) is 0 Å². The summed E-state index contributed by atoms with van der Waals surface area (Å²) in [6.07, 6.45) is 1.80. The minimum Gasteiger partial charge on any atom is -0.368 e. The van der Waals surface area contributed by atoms with E-state index in [1.807, 2.05) is 55.5 Å². The molecule has 28 heavy (non-hydrogen) atoms. The predicted octanol–water partition coefficient (Wildman–Crippen LogP) is 4.02. The van der Waals surface area contributed by atoms with Gasteiger partial charge < -0.3 is 10.1 Å². The maximum Gasteiger partial charge on any atom is 0.241 e. The van der Waals surface area contributed by atoms with Crippen LogP contribution in [0, 0.1) is 0 Å². The number of morpholine rings is 1. The number of hydrogen-bond acceptors (Lipinski definition) is 4. The number of amides is 1. The van der Waals surface area contributed by atoms with E-state index in [0.29, 0.717) is 6.54 Å². The molecule has 1 aliphatic rings. The van der Waals surface area contributed by atoms with Crippen LogP contribution < -0.4 is 5.32 Å². The van der Waals surface area contributed by atoms with Crippen LogP contribution in [0.5, 0.6) is 0 Å². The van der Waals surface area contributed by atoms with Crippen LogP contribution >= 0.6 is 0 Å². The van der Waals surface area contributed by atoms with Crippen LogP contribution in [0.2, 0.25) is 0 Å². The Balaban J connectivity index is 1.50. The predicted molar refractivity (Wildman–Crippen MR) is 111 cm³/mol. The fourth-order valence-electron chi connectivity index (χ4n) is 3.77. The molecule has 0 bridgehead atoms. The number of benzene rings is 2. The van der Waals surface area contributed by atoms with Gasteiger partial charge in [-0.15, -0.1) is 0 Å². The number of nitrogens with one attached hydrogen (secondary N) is 1. The Morgan fingerprint density at radius 2 is 1.93 bits per heavy atom. The van der Waals surface area contributed by atoms with Crippen molar-refractivity contribution >= 4 is 22.5 Å². The van der Waals surface area contributed by atoms with Crippen molar-refractivity contribution in [3.05, 3.63) is 72.4 Å². The lowest BCUT2D eigenvalue weighted by atomic mass is 10.0. The van der Waals surface area contributed by atoms with Gasteiger partial charge in [0.25, 0.3) is 0 Å².